The zero-order valence-electron chi connectivity index (χ0n) is 12.4. The molecule has 4 nitrogen and oxygen atoms in total. The highest BCUT2D eigenvalue weighted by Crippen LogP contribution is 2.12. The first-order valence-corrected chi connectivity index (χ1v) is 7.52. The van der Waals surface area contributed by atoms with Crippen molar-refractivity contribution in [1.29, 1.82) is 0 Å². The van der Waals surface area contributed by atoms with Crippen molar-refractivity contribution in [2.75, 3.05) is 0 Å². The summed E-state index contributed by atoms with van der Waals surface area (Å²) in [5.41, 5.74) is 0. The van der Waals surface area contributed by atoms with E-state index in [-0.39, 0.29) is 6.42 Å². The van der Waals surface area contributed by atoms with Gasteiger partial charge in [0.05, 0.1) is 6.42 Å². The van der Waals surface area contributed by atoms with E-state index in [1.54, 1.807) is 0 Å². The number of cyclic esters (lactones) is 2. The molecule has 1 heterocycles. The zero-order chi connectivity index (χ0) is 14.8. The minimum atomic E-state index is -0.851. The highest BCUT2D eigenvalue weighted by atomic mass is 16.6. The molecule has 112 valence electrons. The molecule has 0 radical (unpaired) electrons. The molecule has 0 bridgehead atoms. The van der Waals surface area contributed by atoms with Crippen LogP contribution < -0.4 is 0 Å². The Balaban J connectivity index is 2.12. The average Bonchev–Trinajstić information content (AvgIpc) is 2.42. The third-order valence-corrected chi connectivity index (χ3v) is 3.21. The van der Waals surface area contributed by atoms with E-state index in [1.165, 1.54) is 39.0 Å². The molecule has 1 fully saturated rings. The predicted molar refractivity (Wildman–Crippen MR) is 75.8 cm³/mol. The fraction of sp³-hybridized carbons (Fsp3) is 0.750. The second kappa shape index (κ2) is 9.41. The van der Waals surface area contributed by atoms with Gasteiger partial charge in [-0.25, -0.2) is 9.59 Å². The molecule has 0 aliphatic carbocycles. The maximum atomic E-state index is 11.4. The van der Waals surface area contributed by atoms with Crippen LogP contribution in [0.3, 0.4) is 0 Å². The Morgan fingerprint density at radius 2 is 1.65 bits per heavy atom. The van der Waals surface area contributed by atoms with Crippen LogP contribution in [0, 0.1) is 11.8 Å². The third-order valence-electron chi connectivity index (χ3n) is 3.21. The Morgan fingerprint density at radius 3 is 2.40 bits per heavy atom. The lowest BCUT2D eigenvalue weighted by Gasteiger charge is -2.23. The standard InChI is InChI=1S/C16H24O4/c1-3-4-5-6-7-8-9-10-11-12-14-16(18)19-13(2)15(17)20-14/h13-14H,3-9,12H2,1-2H3. The SMILES string of the molecule is CCCCCCCCC#CCC1OC(=O)C(C)OC1=O. The summed E-state index contributed by atoms with van der Waals surface area (Å²) in [5.74, 6) is 4.93. The van der Waals surface area contributed by atoms with Crippen LogP contribution >= 0.6 is 0 Å². The fourth-order valence-corrected chi connectivity index (χ4v) is 1.95. The quantitative estimate of drug-likeness (QED) is 0.409. The first-order chi connectivity index (χ1) is 9.65. The molecule has 0 amide bonds. The predicted octanol–water partition coefficient (Wildman–Crippen LogP) is 2.99. The van der Waals surface area contributed by atoms with Gasteiger partial charge in [-0.15, -0.1) is 5.92 Å². The number of unbranched alkanes of at least 4 members (excludes halogenated alkanes) is 6. The van der Waals surface area contributed by atoms with Crippen molar-refractivity contribution >= 4 is 11.9 Å². The van der Waals surface area contributed by atoms with Gasteiger partial charge in [-0.3, -0.25) is 0 Å². The van der Waals surface area contributed by atoms with Crippen molar-refractivity contribution in [2.24, 2.45) is 0 Å². The Labute approximate surface area is 121 Å². The average molecular weight is 280 g/mol. The first kappa shape index (κ1) is 16.6. The van der Waals surface area contributed by atoms with Gasteiger partial charge in [-0.2, -0.15) is 0 Å². The summed E-state index contributed by atoms with van der Waals surface area (Å²) in [6.07, 6.45) is 6.83. The zero-order valence-corrected chi connectivity index (χ0v) is 12.4. The Bertz CT molecular complexity index is 378. The molecule has 0 aromatic carbocycles. The van der Waals surface area contributed by atoms with Gasteiger partial charge in [-0.1, -0.05) is 44.9 Å². The molecule has 0 N–H and O–H groups in total. The van der Waals surface area contributed by atoms with E-state index >= 15 is 0 Å². The van der Waals surface area contributed by atoms with Gasteiger partial charge in [0.2, 0.25) is 6.10 Å². The van der Waals surface area contributed by atoms with Crippen LogP contribution in [0.1, 0.15) is 65.2 Å². The molecular weight excluding hydrogens is 256 g/mol. The lowest BCUT2D eigenvalue weighted by Crippen LogP contribution is -2.42. The van der Waals surface area contributed by atoms with E-state index in [2.05, 4.69) is 18.8 Å². The van der Waals surface area contributed by atoms with Crippen molar-refractivity contribution in [3.63, 3.8) is 0 Å². The first-order valence-electron chi connectivity index (χ1n) is 7.52. The van der Waals surface area contributed by atoms with Crippen LogP contribution in [0.15, 0.2) is 0 Å². The molecule has 2 unspecified atom stereocenters. The molecule has 0 saturated carbocycles. The maximum absolute atomic E-state index is 11.4. The Kier molecular flexibility index (Phi) is 7.79. The van der Waals surface area contributed by atoms with E-state index in [1.807, 2.05) is 0 Å². The summed E-state index contributed by atoms with van der Waals surface area (Å²) in [6, 6.07) is 0. The smallest absolute Gasteiger partial charge is 0.349 e. The van der Waals surface area contributed by atoms with Crippen molar-refractivity contribution in [1.82, 2.24) is 0 Å². The second-order valence-electron chi connectivity index (χ2n) is 5.08. The van der Waals surface area contributed by atoms with E-state index < -0.39 is 24.1 Å². The maximum Gasteiger partial charge on any atom is 0.349 e. The van der Waals surface area contributed by atoms with Gasteiger partial charge in [0.15, 0.2) is 6.10 Å². The molecule has 1 aliphatic heterocycles. The number of esters is 2. The molecule has 20 heavy (non-hydrogen) atoms. The minimum Gasteiger partial charge on any atom is -0.448 e. The second-order valence-corrected chi connectivity index (χ2v) is 5.08. The lowest BCUT2D eigenvalue weighted by atomic mass is 10.1. The lowest BCUT2D eigenvalue weighted by molar-refractivity contribution is -0.192. The molecule has 2 atom stereocenters. The minimum absolute atomic E-state index is 0.229. The topological polar surface area (TPSA) is 52.6 Å². The van der Waals surface area contributed by atoms with Gasteiger partial charge < -0.3 is 9.47 Å². The molecule has 0 aromatic heterocycles. The van der Waals surface area contributed by atoms with Crippen LogP contribution in [-0.4, -0.2) is 24.1 Å². The Morgan fingerprint density at radius 1 is 0.950 bits per heavy atom. The summed E-state index contributed by atoms with van der Waals surface area (Å²) >= 11 is 0. The highest BCUT2D eigenvalue weighted by Gasteiger charge is 2.34. The molecule has 0 spiro atoms. The van der Waals surface area contributed by atoms with Gasteiger partial charge in [0.25, 0.3) is 0 Å². The van der Waals surface area contributed by atoms with Gasteiger partial charge in [0, 0.05) is 6.42 Å². The highest BCUT2D eigenvalue weighted by molar-refractivity contribution is 5.87. The summed E-state index contributed by atoms with van der Waals surface area (Å²) in [6.45, 7) is 3.70. The van der Waals surface area contributed by atoms with Crippen LogP contribution in [0.4, 0.5) is 0 Å². The van der Waals surface area contributed by atoms with E-state index in [9.17, 15) is 9.59 Å². The monoisotopic (exact) mass is 280 g/mol. The van der Waals surface area contributed by atoms with Crippen LogP contribution in [0.5, 0.6) is 0 Å². The Hall–Kier alpha value is -1.50. The molecular formula is C16H24O4. The molecule has 1 rings (SSSR count). The van der Waals surface area contributed by atoms with Crippen molar-refractivity contribution in [3.8, 4) is 11.8 Å². The number of hydrogen-bond donors (Lipinski definition) is 0. The van der Waals surface area contributed by atoms with Crippen LogP contribution in [0.2, 0.25) is 0 Å². The number of ether oxygens (including phenoxy) is 2. The molecule has 0 aromatic rings. The number of carbonyl (C=O) groups excluding carboxylic acids is 2. The van der Waals surface area contributed by atoms with Crippen LogP contribution in [0.25, 0.3) is 0 Å². The summed E-state index contributed by atoms with van der Waals surface area (Å²) in [7, 11) is 0. The summed E-state index contributed by atoms with van der Waals surface area (Å²) < 4.78 is 9.83. The molecule has 1 aliphatic rings. The van der Waals surface area contributed by atoms with E-state index in [0.29, 0.717) is 0 Å². The van der Waals surface area contributed by atoms with E-state index in [4.69, 9.17) is 9.47 Å². The van der Waals surface area contributed by atoms with Crippen LogP contribution in [-0.2, 0) is 19.1 Å². The number of rotatable bonds is 7. The largest absolute Gasteiger partial charge is 0.448 e. The number of hydrogen-bond acceptors (Lipinski definition) is 4. The van der Waals surface area contributed by atoms with Gasteiger partial charge in [0.1, 0.15) is 0 Å². The molecule has 1 saturated heterocycles. The van der Waals surface area contributed by atoms with Crippen molar-refractivity contribution in [3.05, 3.63) is 0 Å². The number of carbonyl (C=O) groups is 2. The van der Waals surface area contributed by atoms with Crippen molar-refractivity contribution in [2.45, 2.75) is 77.4 Å². The summed E-state index contributed by atoms with van der Waals surface area (Å²) in [5, 5.41) is 0. The van der Waals surface area contributed by atoms with E-state index in [0.717, 1.165) is 12.8 Å². The van der Waals surface area contributed by atoms with Gasteiger partial charge >= 0.3 is 11.9 Å². The molecule has 4 heteroatoms. The van der Waals surface area contributed by atoms with Gasteiger partial charge in [-0.05, 0) is 13.3 Å². The normalized spacial score (nSPS) is 21.7. The third kappa shape index (κ3) is 6.10. The fourth-order valence-electron chi connectivity index (χ4n) is 1.95. The van der Waals surface area contributed by atoms with Crippen molar-refractivity contribution < 1.29 is 19.1 Å². The summed E-state index contributed by atoms with van der Waals surface area (Å²) in [4.78, 5) is 22.7.